The number of alkyl carbamates (subject to hydrolysis) is 1. The van der Waals surface area contributed by atoms with Crippen molar-refractivity contribution in [3.63, 3.8) is 0 Å². The Kier molecular flexibility index (Phi) is 8.25. The van der Waals surface area contributed by atoms with E-state index in [4.69, 9.17) is 10.5 Å². The number of thiazole rings is 1. The lowest BCUT2D eigenvalue weighted by Gasteiger charge is -2.36. The maximum atomic E-state index is 13.9. The number of nitrogens with one attached hydrogen (secondary N) is 2. The molecule has 9 nitrogen and oxygen atoms in total. The molecule has 1 aliphatic rings. The third kappa shape index (κ3) is 6.61. The van der Waals surface area contributed by atoms with E-state index in [-0.39, 0.29) is 11.4 Å². The summed E-state index contributed by atoms with van der Waals surface area (Å²) in [6, 6.07) is -1.96. The highest BCUT2D eigenvalue weighted by molar-refractivity contribution is 7.09. The predicted molar refractivity (Wildman–Crippen MR) is 126 cm³/mol. The standard InChI is InChI=1S/C23H35N5O4S/c1-22(2,3)32-21(30)28-17(12-16-13-25-14-27-16)19(29)23(31,20-26-9-10-33-20)18(24)11-15-7-5-4-6-8-15/h9-10,13-15,17-18,31H,4-8,11-12,24H2,1-3H3,(H,25,27)(H,28,30)/t17-,18-,23+/m0/s1. The molecule has 3 atom stereocenters. The van der Waals surface area contributed by atoms with Crippen molar-refractivity contribution < 1.29 is 19.4 Å². The lowest BCUT2D eigenvalue weighted by Crippen LogP contribution is -2.59. The number of nitrogens with zero attached hydrogens (tertiary/aromatic N) is 2. The van der Waals surface area contributed by atoms with Crippen LogP contribution in [0.4, 0.5) is 4.79 Å². The van der Waals surface area contributed by atoms with Gasteiger partial charge in [-0.05, 0) is 33.1 Å². The van der Waals surface area contributed by atoms with E-state index in [1.165, 1.54) is 30.3 Å². The zero-order valence-electron chi connectivity index (χ0n) is 19.5. The summed E-state index contributed by atoms with van der Waals surface area (Å²) in [5, 5.41) is 16.4. The van der Waals surface area contributed by atoms with Gasteiger partial charge in [0, 0.05) is 30.2 Å². The average molecular weight is 478 g/mol. The van der Waals surface area contributed by atoms with Gasteiger partial charge in [-0.15, -0.1) is 11.3 Å². The Balaban J connectivity index is 1.89. The minimum atomic E-state index is -2.04. The Bertz CT molecular complexity index is 891. The van der Waals surface area contributed by atoms with Crippen LogP contribution in [0.15, 0.2) is 24.1 Å². The van der Waals surface area contributed by atoms with Gasteiger partial charge >= 0.3 is 6.09 Å². The highest BCUT2D eigenvalue weighted by atomic mass is 32.1. The SMILES string of the molecule is CC(C)(C)OC(=O)N[C@@H](Cc1c[nH]cn1)C(=O)[C@@](O)(c1nccs1)[C@@H](N)CC1CCCCC1. The molecule has 0 unspecified atom stereocenters. The van der Waals surface area contributed by atoms with E-state index >= 15 is 0 Å². The van der Waals surface area contributed by atoms with Crippen LogP contribution in [0.5, 0.6) is 0 Å². The summed E-state index contributed by atoms with van der Waals surface area (Å²) in [6.07, 6.45) is 10.0. The second-order valence-corrected chi connectivity index (χ2v) is 10.7. The van der Waals surface area contributed by atoms with Gasteiger partial charge in [-0.1, -0.05) is 32.1 Å². The lowest BCUT2D eigenvalue weighted by atomic mass is 9.77. The summed E-state index contributed by atoms with van der Waals surface area (Å²) >= 11 is 1.18. The molecule has 5 N–H and O–H groups in total. The smallest absolute Gasteiger partial charge is 0.408 e. The number of ether oxygens (including phenoxy) is 1. The quantitative estimate of drug-likeness (QED) is 0.434. The molecule has 1 aliphatic carbocycles. The van der Waals surface area contributed by atoms with Crippen LogP contribution in [0.3, 0.4) is 0 Å². The molecule has 0 bridgehead atoms. The first-order valence-corrected chi connectivity index (χ1v) is 12.4. The first kappa shape index (κ1) is 25.3. The molecule has 0 aromatic carbocycles. The number of amides is 1. The van der Waals surface area contributed by atoms with Crippen LogP contribution in [0.25, 0.3) is 0 Å². The third-order valence-corrected chi connectivity index (χ3v) is 6.86. The highest BCUT2D eigenvalue weighted by Crippen LogP contribution is 2.35. The first-order valence-electron chi connectivity index (χ1n) is 11.5. The van der Waals surface area contributed by atoms with E-state index < -0.39 is 35.2 Å². The number of hydrogen-bond acceptors (Lipinski definition) is 8. The van der Waals surface area contributed by atoms with Crippen molar-refractivity contribution in [2.24, 2.45) is 11.7 Å². The van der Waals surface area contributed by atoms with Gasteiger partial charge in [0.15, 0.2) is 11.4 Å². The predicted octanol–water partition coefficient (Wildman–Crippen LogP) is 3.06. The molecule has 2 heterocycles. The van der Waals surface area contributed by atoms with Crippen molar-refractivity contribution in [1.82, 2.24) is 20.3 Å². The van der Waals surface area contributed by atoms with Crippen LogP contribution in [0, 0.1) is 5.92 Å². The Morgan fingerprint density at radius 2 is 2.03 bits per heavy atom. The molecule has 2 aromatic rings. The number of aromatic nitrogens is 3. The zero-order chi connectivity index (χ0) is 24.1. The molecule has 0 saturated heterocycles. The van der Waals surface area contributed by atoms with E-state index in [1.807, 2.05) is 0 Å². The van der Waals surface area contributed by atoms with Gasteiger partial charge in [-0.3, -0.25) is 4.79 Å². The van der Waals surface area contributed by atoms with E-state index in [0.717, 1.165) is 25.7 Å². The molecule has 33 heavy (non-hydrogen) atoms. The largest absolute Gasteiger partial charge is 0.444 e. The monoisotopic (exact) mass is 477 g/mol. The Hall–Kier alpha value is -2.30. The molecule has 1 fully saturated rings. The summed E-state index contributed by atoms with van der Waals surface area (Å²) in [7, 11) is 0. The van der Waals surface area contributed by atoms with Crippen LogP contribution in [0.2, 0.25) is 0 Å². The molecule has 1 saturated carbocycles. The Morgan fingerprint density at radius 3 is 2.61 bits per heavy atom. The molecule has 2 aromatic heterocycles. The molecular weight excluding hydrogens is 442 g/mol. The summed E-state index contributed by atoms with van der Waals surface area (Å²) < 4.78 is 5.37. The number of aromatic amines is 1. The Labute approximate surface area is 198 Å². The van der Waals surface area contributed by atoms with Crippen molar-refractivity contribution in [3.05, 3.63) is 34.8 Å². The number of Topliss-reactive ketones (excluding diaryl/α,β-unsaturated/α-hetero) is 1. The van der Waals surface area contributed by atoms with Crippen molar-refractivity contribution in [2.45, 2.75) is 89.0 Å². The van der Waals surface area contributed by atoms with Crippen molar-refractivity contribution in [3.8, 4) is 0 Å². The topological polar surface area (TPSA) is 143 Å². The van der Waals surface area contributed by atoms with Crippen LogP contribution in [-0.2, 0) is 21.6 Å². The first-order chi connectivity index (χ1) is 15.6. The van der Waals surface area contributed by atoms with Gasteiger partial charge in [0.1, 0.15) is 16.7 Å². The number of rotatable bonds is 9. The molecule has 3 rings (SSSR count). The normalized spacial score (nSPS) is 18.8. The third-order valence-electron chi connectivity index (χ3n) is 5.96. The fourth-order valence-corrected chi connectivity index (χ4v) is 5.15. The van der Waals surface area contributed by atoms with Crippen molar-refractivity contribution in [1.29, 1.82) is 0 Å². The fraction of sp³-hybridized carbons (Fsp3) is 0.652. The molecule has 0 spiro atoms. The van der Waals surface area contributed by atoms with Crippen LogP contribution >= 0.6 is 11.3 Å². The van der Waals surface area contributed by atoms with Gasteiger partial charge < -0.3 is 25.9 Å². The summed E-state index contributed by atoms with van der Waals surface area (Å²) in [5.74, 6) is -0.272. The molecule has 0 radical (unpaired) electrons. The Morgan fingerprint density at radius 1 is 1.30 bits per heavy atom. The summed E-state index contributed by atoms with van der Waals surface area (Å²) in [5.41, 5.74) is 4.33. The lowest BCUT2D eigenvalue weighted by molar-refractivity contribution is -0.144. The highest BCUT2D eigenvalue weighted by Gasteiger charge is 2.50. The number of carbonyl (C=O) groups excluding carboxylic acids is 2. The maximum absolute atomic E-state index is 13.9. The summed E-state index contributed by atoms with van der Waals surface area (Å²) in [6.45, 7) is 5.22. The summed E-state index contributed by atoms with van der Waals surface area (Å²) in [4.78, 5) is 37.7. The van der Waals surface area contributed by atoms with Gasteiger partial charge in [0.05, 0.1) is 12.0 Å². The number of imidazole rings is 1. The van der Waals surface area contributed by atoms with Gasteiger partial charge in [0.2, 0.25) is 0 Å². The number of hydrogen-bond donors (Lipinski definition) is 4. The average Bonchev–Trinajstić information content (AvgIpc) is 3.46. The van der Waals surface area contributed by atoms with Crippen LogP contribution < -0.4 is 11.1 Å². The number of ketones is 1. The minimum Gasteiger partial charge on any atom is -0.444 e. The van der Waals surface area contributed by atoms with Crippen LogP contribution in [0.1, 0.15) is 70.0 Å². The van der Waals surface area contributed by atoms with Crippen molar-refractivity contribution >= 4 is 23.2 Å². The molecule has 182 valence electrons. The maximum Gasteiger partial charge on any atom is 0.408 e. The van der Waals surface area contributed by atoms with E-state index in [0.29, 0.717) is 18.0 Å². The fourth-order valence-electron chi connectivity index (χ4n) is 4.35. The zero-order valence-corrected chi connectivity index (χ0v) is 20.4. The molecule has 10 heteroatoms. The van der Waals surface area contributed by atoms with E-state index in [1.54, 1.807) is 32.3 Å². The van der Waals surface area contributed by atoms with E-state index in [2.05, 4.69) is 20.3 Å². The molecule has 1 amide bonds. The van der Waals surface area contributed by atoms with E-state index in [9.17, 15) is 14.7 Å². The van der Waals surface area contributed by atoms with Crippen LogP contribution in [-0.4, -0.2) is 49.6 Å². The minimum absolute atomic E-state index is 0.0748. The van der Waals surface area contributed by atoms with Gasteiger partial charge in [0.25, 0.3) is 0 Å². The van der Waals surface area contributed by atoms with Gasteiger partial charge in [-0.25, -0.2) is 14.8 Å². The number of nitrogens with two attached hydrogens (primary N) is 1. The second kappa shape index (κ2) is 10.8. The van der Waals surface area contributed by atoms with Crippen molar-refractivity contribution in [2.75, 3.05) is 0 Å². The number of carbonyl (C=O) groups is 2. The molecule has 0 aliphatic heterocycles. The molecular formula is C23H35N5O4S. The van der Waals surface area contributed by atoms with Gasteiger partial charge in [-0.2, -0.15) is 0 Å². The number of aliphatic hydroxyl groups is 1. The second-order valence-electron chi connectivity index (χ2n) is 9.78. The number of H-pyrrole nitrogens is 1.